The number of nitrogens with one attached hydrogen (secondary N) is 1. The first-order chi connectivity index (χ1) is 9.38. The predicted octanol–water partition coefficient (Wildman–Crippen LogP) is 1.21. The molecule has 0 saturated heterocycles. The summed E-state index contributed by atoms with van der Waals surface area (Å²) in [4.78, 5) is 11.7. The van der Waals surface area contributed by atoms with Crippen molar-refractivity contribution in [2.75, 3.05) is 7.11 Å². The van der Waals surface area contributed by atoms with Crippen LogP contribution in [0.1, 0.15) is 31.4 Å². The molecule has 0 unspecified atom stereocenters. The van der Waals surface area contributed by atoms with Crippen LogP contribution in [0, 0.1) is 0 Å². The van der Waals surface area contributed by atoms with Crippen molar-refractivity contribution in [2.24, 2.45) is 10.9 Å². The summed E-state index contributed by atoms with van der Waals surface area (Å²) in [6, 6.07) is 7.09. The van der Waals surface area contributed by atoms with Crippen LogP contribution in [0.2, 0.25) is 0 Å². The summed E-state index contributed by atoms with van der Waals surface area (Å²) in [5.74, 6) is -0.0141. The first-order valence-electron chi connectivity index (χ1n) is 6.26. The largest absolute Gasteiger partial charge is 0.409 e. The van der Waals surface area contributed by atoms with Crippen LogP contribution in [0.5, 0.6) is 0 Å². The highest BCUT2D eigenvalue weighted by Gasteiger charge is 2.20. The number of hydrogen-bond acceptors (Lipinski definition) is 4. The maximum atomic E-state index is 11.7. The van der Waals surface area contributed by atoms with Crippen molar-refractivity contribution >= 4 is 11.7 Å². The van der Waals surface area contributed by atoms with Crippen molar-refractivity contribution in [3.05, 3.63) is 35.4 Å². The molecular formula is C14H21N3O3. The minimum atomic E-state index is -0.472. The monoisotopic (exact) mass is 279 g/mol. The molecule has 0 radical (unpaired) electrons. The average Bonchev–Trinajstić information content (AvgIpc) is 2.44. The first-order valence-corrected chi connectivity index (χ1v) is 6.26. The third-order valence-corrected chi connectivity index (χ3v) is 2.99. The molecule has 1 aromatic carbocycles. The van der Waals surface area contributed by atoms with Gasteiger partial charge in [0.2, 0.25) is 5.91 Å². The Balaban J connectivity index is 2.52. The van der Waals surface area contributed by atoms with E-state index in [1.165, 1.54) is 0 Å². The van der Waals surface area contributed by atoms with Gasteiger partial charge in [0, 0.05) is 19.2 Å². The molecule has 1 rings (SSSR count). The summed E-state index contributed by atoms with van der Waals surface area (Å²) in [7, 11) is 1.58. The molecule has 0 aromatic heterocycles. The van der Waals surface area contributed by atoms with E-state index in [0.717, 1.165) is 5.56 Å². The molecule has 0 spiro atoms. The minimum absolute atomic E-state index is 0.0578. The molecule has 0 aliphatic carbocycles. The molecule has 1 aromatic rings. The summed E-state index contributed by atoms with van der Waals surface area (Å²) >= 11 is 0. The number of nitrogens with two attached hydrogens (primary N) is 1. The fraction of sp³-hybridized carbons (Fsp3) is 0.429. The number of carbonyl (C=O) groups is 1. The van der Waals surface area contributed by atoms with Gasteiger partial charge >= 0.3 is 0 Å². The minimum Gasteiger partial charge on any atom is -0.409 e. The van der Waals surface area contributed by atoms with Gasteiger partial charge in [0.25, 0.3) is 0 Å². The van der Waals surface area contributed by atoms with E-state index in [9.17, 15) is 4.79 Å². The van der Waals surface area contributed by atoms with Crippen molar-refractivity contribution in [3.63, 3.8) is 0 Å². The third-order valence-electron chi connectivity index (χ3n) is 2.99. The lowest BCUT2D eigenvalue weighted by molar-refractivity contribution is -0.126. The molecule has 110 valence electrons. The second-order valence-electron chi connectivity index (χ2n) is 5.10. The molecule has 0 atom stereocenters. The van der Waals surface area contributed by atoms with Crippen molar-refractivity contribution in [1.82, 2.24) is 5.32 Å². The summed E-state index contributed by atoms with van der Waals surface area (Å²) in [5, 5.41) is 14.3. The van der Waals surface area contributed by atoms with Crippen molar-refractivity contribution in [2.45, 2.75) is 32.4 Å². The standard InChI is InChI=1S/C14H21N3O3/c1-14(2,20-3)8-12(18)16-9-10-4-6-11(7-5-10)13(15)17-19/h4-7,19H,8-9H2,1-3H3,(H2,15,17)(H,16,18). The van der Waals surface area contributed by atoms with Crippen LogP contribution in [0.15, 0.2) is 29.4 Å². The van der Waals surface area contributed by atoms with Crippen molar-refractivity contribution in [3.8, 4) is 0 Å². The molecule has 0 fully saturated rings. The summed E-state index contributed by atoms with van der Waals surface area (Å²) < 4.78 is 5.20. The molecule has 0 bridgehead atoms. The van der Waals surface area contributed by atoms with Gasteiger partial charge in [0.15, 0.2) is 5.84 Å². The Kier molecular flexibility index (Phi) is 5.52. The SMILES string of the molecule is COC(C)(C)CC(=O)NCc1ccc(/C(N)=N/O)cc1. The number of methoxy groups -OCH3 is 1. The van der Waals surface area contributed by atoms with Crippen LogP contribution < -0.4 is 11.1 Å². The number of carbonyl (C=O) groups excluding carboxylic acids is 1. The maximum absolute atomic E-state index is 11.7. The quantitative estimate of drug-likeness (QED) is 0.315. The Hall–Kier alpha value is -2.08. The van der Waals surface area contributed by atoms with Crippen molar-refractivity contribution < 1.29 is 14.7 Å². The highest BCUT2D eigenvalue weighted by molar-refractivity contribution is 5.96. The molecule has 0 heterocycles. The van der Waals surface area contributed by atoms with Crippen LogP contribution in [-0.2, 0) is 16.1 Å². The van der Waals surface area contributed by atoms with E-state index in [1.807, 2.05) is 26.0 Å². The Labute approximate surface area is 118 Å². The van der Waals surface area contributed by atoms with E-state index in [2.05, 4.69) is 10.5 Å². The van der Waals surface area contributed by atoms with Gasteiger partial charge in [-0.05, 0) is 19.4 Å². The number of benzene rings is 1. The lowest BCUT2D eigenvalue weighted by atomic mass is 10.0. The molecule has 0 aliphatic heterocycles. The fourth-order valence-corrected chi connectivity index (χ4v) is 1.57. The number of rotatable bonds is 6. The summed E-state index contributed by atoms with van der Waals surface area (Å²) in [5.41, 5.74) is 6.56. The van der Waals surface area contributed by atoms with Gasteiger partial charge in [-0.2, -0.15) is 0 Å². The molecule has 0 saturated carbocycles. The number of ether oxygens (including phenoxy) is 1. The van der Waals surface area contributed by atoms with Crippen LogP contribution in [0.3, 0.4) is 0 Å². The second kappa shape index (κ2) is 6.91. The van der Waals surface area contributed by atoms with E-state index in [1.54, 1.807) is 19.2 Å². The maximum Gasteiger partial charge on any atom is 0.223 e. The normalized spacial score (nSPS) is 12.2. The molecule has 4 N–H and O–H groups in total. The van der Waals surface area contributed by atoms with E-state index in [0.29, 0.717) is 18.5 Å². The zero-order valence-electron chi connectivity index (χ0n) is 12.0. The van der Waals surface area contributed by atoms with E-state index >= 15 is 0 Å². The molecule has 6 heteroatoms. The van der Waals surface area contributed by atoms with Gasteiger partial charge in [0.05, 0.1) is 12.0 Å². The van der Waals surface area contributed by atoms with Crippen LogP contribution >= 0.6 is 0 Å². The molecule has 1 amide bonds. The number of amides is 1. The van der Waals surface area contributed by atoms with Gasteiger partial charge in [-0.3, -0.25) is 4.79 Å². The number of amidine groups is 1. The van der Waals surface area contributed by atoms with Crippen LogP contribution in [-0.4, -0.2) is 29.7 Å². The number of hydrogen-bond donors (Lipinski definition) is 3. The Morgan fingerprint density at radius 3 is 2.50 bits per heavy atom. The molecule has 0 aliphatic rings. The Morgan fingerprint density at radius 2 is 2.00 bits per heavy atom. The average molecular weight is 279 g/mol. The molecular weight excluding hydrogens is 258 g/mol. The third kappa shape index (κ3) is 4.89. The Bertz CT molecular complexity index is 481. The highest BCUT2D eigenvalue weighted by Crippen LogP contribution is 2.12. The van der Waals surface area contributed by atoms with Gasteiger partial charge in [-0.25, -0.2) is 0 Å². The van der Waals surface area contributed by atoms with Gasteiger partial charge in [-0.1, -0.05) is 29.4 Å². The van der Waals surface area contributed by atoms with Gasteiger partial charge in [0.1, 0.15) is 0 Å². The van der Waals surface area contributed by atoms with E-state index in [4.69, 9.17) is 15.7 Å². The summed E-state index contributed by atoms with van der Waals surface area (Å²) in [6.07, 6.45) is 0.297. The van der Waals surface area contributed by atoms with E-state index < -0.39 is 5.60 Å². The second-order valence-corrected chi connectivity index (χ2v) is 5.10. The van der Waals surface area contributed by atoms with Crippen LogP contribution in [0.25, 0.3) is 0 Å². The smallest absolute Gasteiger partial charge is 0.223 e. The first kappa shape index (κ1) is 16.0. The van der Waals surface area contributed by atoms with E-state index in [-0.39, 0.29) is 11.7 Å². The van der Waals surface area contributed by atoms with Crippen molar-refractivity contribution in [1.29, 1.82) is 0 Å². The van der Waals surface area contributed by atoms with Gasteiger partial charge < -0.3 is 21.0 Å². The summed E-state index contributed by atoms with van der Waals surface area (Å²) in [6.45, 7) is 4.14. The zero-order chi connectivity index (χ0) is 15.2. The molecule has 20 heavy (non-hydrogen) atoms. The predicted molar refractivity (Wildman–Crippen MR) is 76.5 cm³/mol. The lowest BCUT2D eigenvalue weighted by Gasteiger charge is -2.21. The topological polar surface area (TPSA) is 96.9 Å². The zero-order valence-corrected chi connectivity index (χ0v) is 12.0. The van der Waals surface area contributed by atoms with Crippen LogP contribution in [0.4, 0.5) is 0 Å². The van der Waals surface area contributed by atoms with Gasteiger partial charge in [-0.15, -0.1) is 0 Å². The molecule has 6 nitrogen and oxygen atoms in total. The Morgan fingerprint density at radius 1 is 1.40 bits per heavy atom. The number of oxime groups is 1. The number of nitrogens with zero attached hydrogens (tertiary/aromatic N) is 1. The fourth-order valence-electron chi connectivity index (χ4n) is 1.57. The highest BCUT2D eigenvalue weighted by atomic mass is 16.5. The lowest BCUT2D eigenvalue weighted by Crippen LogP contribution is -2.33.